The Morgan fingerprint density at radius 2 is 0.622 bits per heavy atom. The number of ether oxygens (including phenoxy) is 4. The average Bonchev–Trinajstić information content (AvgIpc) is 3.44. The Balaban J connectivity index is 5.23. The Hall–Kier alpha value is -1.94. The van der Waals surface area contributed by atoms with E-state index in [0.717, 1.165) is 102 Å². The molecule has 0 heterocycles. The number of phosphoric acid groups is 2. The first-order valence-electron chi connectivity index (χ1n) is 33.0. The molecule has 17 nitrogen and oxygen atoms in total. The van der Waals surface area contributed by atoms with Crippen LogP contribution >= 0.6 is 15.6 Å². The maximum Gasteiger partial charge on any atom is 0.472 e. The van der Waals surface area contributed by atoms with Crippen molar-refractivity contribution >= 4 is 39.5 Å². The van der Waals surface area contributed by atoms with Crippen molar-refractivity contribution in [2.75, 3.05) is 39.6 Å². The highest BCUT2D eigenvalue weighted by atomic mass is 31.2. The van der Waals surface area contributed by atoms with Crippen LogP contribution in [-0.2, 0) is 65.4 Å². The predicted octanol–water partition coefficient (Wildman–Crippen LogP) is 17.3. The van der Waals surface area contributed by atoms with Crippen LogP contribution in [0.4, 0.5) is 0 Å². The number of phosphoric ester groups is 2. The van der Waals surface area contributed by atoms with Crippen LogP contribution < -0.4 is 0 Å². The maximum atomic E-state index is 13.0. The highest BCUT2D eigenvalue weighted by Crippen LogP contribution is 2.45. The number of rotatable bonds is 62. The van der Waals surface area contributed by atoms with Crippen LogP contribution in [0, 0.1) is 11.8 Å². The van der Waals surface area contributed by atoms with Crippen LogP contribution in [0.5, 0.6) is 0 Å². The van der Waals surface area contributed by atoms with E-state index in [1.807, 2.05) is 0 Å². The van der Waals surface area contributed by atoms with E-state index in [1.165, 1.54) is 122 Å². The number of carbonyl (C=O) groups excluding carboxylic acids is 4. The van der Waals surface area contributed by atoms with Gasteiger partial charge < -0.3 is 33.8 Å². The van der Waals surface area contributed by atoms with Crippen LogP contribution in [0.2, 0.25) is 0 Å². The molecule has 0 spiro atoms. The average molecular weight is 1210 g/mol. The van der Waals surface area contributed by atoms with Gasteiger partial charge in [-0.3, -0.25) is 37.3 Å². The SMILES string of the molecule is CCCCCCCCCCCC(=O)OC[C@H](COP(=O)(O)OC[C@H](O)COP(=O)(O)OC[C@@H](COC(=O)CCCCCCCCCC(C)C)OC(=O)CCCCCCCCCCCCC(C)CC)OC(=O)CCCCCCCCCCC. The fraction of sp³-hybridized carbons (Fsp3) is 0.937. The normalized spacial score (nSPS) is 14.7. The monoisotopic (exact) mass is 1210 g/mol. The van der Waals surface area contributed by atoms with Gasteiger partial charge in [0.15, 0.2) is 12.2 Å². The lowest BCUT2D eigenvalue weighted by Gasteiger charge is -2.21. The van der Waals surface area contributed by atoms with E-state index < -0.39 is 97.5 Å². The Bertz CT molecular complexity index is 1620. The number of unbranched alkanes of at least 4 members (excludes halogenated alkanes) is 31. The number of aliphatic hydroxyl groups is 1. The second-order valence-corrected chi connectivity index (χ2v) is 26.4. The van der Waals surface area contributed by atoms with E-state index in [4.69, 9.17) is 37.0 Å². The Morgan fingerprint density at radius 3 is 0.927 bits per heavy atom. The van der Waals surface area contributed by atoms with E-state index in [9.17, 15) is 43.2 Å². The molecule has 0 aliphatic rings. The van der Waals surface area contributed by atoms with Gasteiger partial charge in [-0.15, -0.1) is 0 Å². The third-order valence-electron chi connectivity index (χ3n) is 14.8. The number of esters is 4. The molecule has 0 aliphatic carbocycles. The zero-order chi connectivity index (χ0) is 60.8. The zero-order valence-corrected chi connectivity index (χ0v) is 54.6. The van der Waals surface area contributed by atoms with E-state index in [0.29, 0.717) is 31.6 Å². The standard InChI is InChI=1S/C63H122O17P2/c1-7-10-12-14-16-20-27-33-39-45-60(65)73-51-58(79-62(67)47-41-35-28-21-17-15-13-11-8-2)53-77-81(69,70)75-49-57(64)50-76-82(71,72)78-54-59(52-74-61(66)46-40-34-30-24-25-31-37-43-55(4)5)80-63(68)48-42-36-29-23-19-18-22-26-32-38-44-56(6)9-3/h55-59,64H,7-54H2,1-6H3,(H,69,70)(H,71,72)/t56?,57-,58+,59+/m0/s1. The van der Waals surface area contributed by atoms with Gasteiger partial charge in [0.1, 0.15) is 19.3 Å². The van der Waals surface area contributed by atoms with Gasteiger partial charge in [-0.05, 0) is 37.5 Å². The molecule has 6 atom stereocenters. The molecule has 3 unspecified atom stereocenters. The molecule has 0 aliphatic heterocycles. The van der Waals surface area contributed by atoms with Crippen molar-refractivity contribution < 1.29 is 80.2 Å². The summed E-state index contributed by atoms with van der Waals surface area (Å²) in [6.45, 7) is 9.42. The third-order valence-corrected chi connectivity index (χ3v) is 16.7. The lowest BCUT2D eigenvalue weighted by atomic mass is 9.99. The lowest BCUT2D eigenvalue weighted by Crippen LogP contribution is -2.30. The first-order valence-corrected chi connectivity index (χ1v) is 36.0. The minimum absolute atomic E-state index is 0.105. The van der Waals surface area contributed by atoms with Gasteiger partial charge in [-0.2, -0.15) is 0 Å². The summed E-state index contributed by atoms with van der Waals surface area (Å²) >= 11 is 0. The van der Waals surface area contributed by atoms with Gasteiger partial charge >= 0.3 is 39.5 Å². The van der Waals surface area contributed by atoms with Crippen LogP contribution in [0.15, 0.2) is 0 Å². The molecule has 0 fully saturated rings. The van der Waals surface area contributed by atoms with E-state index in [1.54, 1.807) is 0 Å². The zero-order valence-electron chi connectivity index (χ0n) is 52.8. The fourth-order valence-corrected chi connectivity index (χ4v) is 10.9. The summed E-state index contributed by atoms with van der Waals surface area (Å²) in [5.74, 6) is -0.630. The van der Waals surface area contributed by atoms with Crippen molar-refractivity contribution in [3.05, 3.63) is 0 Å². The van der Waals surface area contributed by atoms with E-state index >= 15 is 0 Å². The molecule has 0 bridgehead atoms. The molecule has 0 radical (unpaired) electrons. The second kappa shape index (κ2) is 55.6. The summed E-state index contributed by atoms with van der Waals surface area (Å²) < 4.78 is 67.9. The number of carbonyl (C=O) groups is 4. The largest absolute Gasteiger partial charge is 0.472 e. The summed E-state index contributed by atoms with van der Waals surface area (Å²) in [5.41, 5.74) is 0. The molecular formula is C63H122O17P2. The fourth-order valence-electron chi connectivity index (χ4n) is 9.32. The van der Waals surface area contributed by atoms with Crippen molar-refractivity contribution in [1.29, 1.82) is 0 Å². The van der Waals surface area contributed by atoms with Gasteiger partial charge in [-0.1, -0.05) is 260 Å². The second-order valence-electron chi connectivity index (χ2n) is 23.5. The predicted molar refractivity (Wildman–Crippen MR) is 326 cm³/mol. The molecule has 0 aromatic heterocycles. The van der Waals surface area contributed by atoms with Gasteiger partial charge in [0.05, 0.1) is 26.4 Å². The van der Waals surface area contributed by atoms with E-state index in [2.05, 4.69) is 41.5 Å². The summed E-state index contributed by atoms with van der Waals surface area (Å²) in [6.07, 6.45) is 37.5. The highest BCUT2D eigenvalue weighted by molar-refractivity contribution is 7.47. The summed E-state index contributed by atoms with van der Waals surface area (Å²) in [5, 5.41) is 10.5. The van der Waals surface area contributed by atoms with Crippen LogP contribution in [-0.4, -0.2) is 96.7 Å². The first-order chi connectivity index (χ1) is 39.4. The van der Waals surface area contributed by atoms with Crippen molar-refractivity contribution in [2.24, 2.45) is 11.8 Å². The molecule has 0 saturated carbocycles. The third kappa shape index (κ3) is 55.9. The number of hydrogen-bond donors (Lipinski definition) is 3. The Labute approximate surface area is 498 Å². The van der Waals surface area contributed by atoms with Gasteiger partial charge in [0.2, 0.25) is 0 Å². The van der Waals surface area contributed by atoms with Crippen LogP contribution in [0.3, 0.4) is 0 Å². The maximum absolute atomic E-state index is 13.0. The molecule has 0 saturated heterocycles. The molecule has 0 aromatic carbocycles. The molecule has 0 amide bonds. The Morgan fingerprint density at radius 1 is 0.354 bits per heavy atom. The van der Waals surface area contributed by atoms with Crippen LogP contribution in [0.25, 0.3) is 0 Å². The number of aliphatic hydroxyl groups excluding tert-OH is 1. The van der Waals surface area contributed by atoms with Crippen molar-refractivity contribution in [2.45, 2.75) is 330 Å². The smallest absolute Gasteiger partial charge is 0.462 e. The molecule has 19 heteroatoms. The summed E-state index contributed by atoms with van der Waals surface area (Å²) in [6, 6.07) is 0. The van der Waals surface area contributed by atoms with Crippen molar-refractivity contribution in [1.82, 2.24) is 0 Å². The molecule has 82 heavy (non-hydrogen) atoms. The minimum atomic E-state index is -4.94. The molecule has 0 aromatic rings. The molecule has 3 N–H and O–H groups in total. The highest BCUT2D eigenvalue weighted by Gasteiger charge is 2.30. The van der Waals surface area contributed by atoms with Crippen LogP contribution in [0.1, 0.15) is 311 Å². The Kier molecular flexibility index (Phi) is 54.3. The van der Waals surface area contributed by atoms with E-state index in [-0.39, 0.29) is 25.7 Å². The van der Waals surface area contributed by atoms with Gasteiger partial charge in [0, 0.05) is 25.7 Å². The first kappa shape index (κ1) is 80.1. The quantitative estimate of drug-likeness (QED) is 0.0222. The topological polar surface area (TPSA) is 237 Å². The molecule has 486 valence electrons. The molecular weight excluding hydrogens is 1090 g/mol. The summed E-state index contributed by atoms with van der Waals surface area (Å²) in [7, 11) is -9.88. The lowest BCUT2D eigenvalue weighted by molar-refractivity contribution is -0.161. The van der Waals surface area contributed by atoms with Gasteiger partial charge in [-0.25, -0.2) is 9.13 Å². The van der Waals surface area contributed by atoms with Crippen molar-refractivity contribution in [3.8, 4) is 0 Å². The van der Waals surface area contributed by atoms with Crippen molar-refractivity contribution in [3.63, 3.8) is 0 Å². The minimum Gasteiger partial charge on any atom is -0.462 e. The van der Waals surface area contributed by atoms with Gasteiger partial charge in [0.25, 0.3) is 0 Å². The molecule has 0 rings (SSSR count). The summed E-state index contributed by atoms with van der Waals surface area (Å²) in [4.78, 5) is 72.1. The number of hydrogen-bond acceptors (Lipinski definition) is 15.